The maximum atomic E-state index is 5.80. The fourth-order valence-corrected chi connectivity index (χ4v) is 2.73. The van der Waals surface area contributed by atoms with Crippen LogP contribution in [0.5, 0.6) is 0 Å². The van der Waals surface area contributed by atoms with E-state index in [1.165, 1.54) is 11.1 Å². The van der Waals surface area contributed by atoms with Gasteiger partial charge in [0.25, 0.3) is 0 Å². The van der Waals surface area contributed by atoms with Crippen molar-refractivity contribution in [3.8, 4) is 0 Å². The van der Waals surface area contributed by atoms with Crippen LogP contribution in [-0.4, -0.2) is 35.7 Å². The van der Waals surface area contributed by atoms with Crippen LogP contribution in [-0.2, 0) is 17.8 Å². The van der Waals surface area contributed by atoms with Crippen molar-refractivity contribution in [1.29, 1.82) is 0 Å². The first-order valence-electron chi connectivity index (χ1n) is 7.93. The average Bonchev–Trinajstić information content (AvgIpc) is 2.35. The third-order valence-corrected chi connectivity index (χ3v) is 3.83. The van der Waals surface area contributed by atoms with Gasteiger partial charge in [0, 0.05) is 31.7 Å². The number of hydrogen-bond donors (Lipinski definition) is 1. The third kappa shape index (κ3) is 5.42. The van der Waals surface area contributed by atoms with Gasteiger partial charge in [-0.15, -0.1) is 0 Å². The van der Waals surface area contributed by atoms with E-state index in [0.717, 1.165) is 32.8 Å². The van der Waals surface area contributed by atoms with Crippen LogP contribution in [0.3, 0.4) is 0 Å². The molecule has 1 aliphatic heterocycles. The molecule has 1 saturated heterocycles. The van der Waals surface area contributed by atoms with Gasteiger partial charge in [-0.05, 0) is 45.7 Å². The topological polar surface area (TPSA) is 24.5 Å². The Balaban J connectivity index is 2.02. The summed E-state index contributed by atoms with van der Waals surface area (Å²) in [5.74, 6) is 0. The summed E-state index contributed by atoms with van der Waals surface area (Å²) in [5.41, 5.74) is 2.94. The second kappa shape index (κ2) is 6.47. The first-order valence-corrected chi connectivity index (χ1v) is 7.93. The molecule has 118 valence electrons. The zero-order valence-corrected chi connectivity index (χ0v) is 14.2. The van der Waals surface area contributed by atoms with Gasteiger partial charge < -0.3 is 10.1 Å². The molecule has 1 fully saturated rings. The molecule has 3 nitrogen and oxygen atoms in total. The van der Waals surface area contributed by atoms with Crippen LogP contribution in [0.1, 0.15) is 45.7 Å². The Labute approximate surface area is 129 Å². The number of ether oxygens (including phenoxy) is 1. The molecular formula is C18H30N2O. The summed E-state index contributed by atoms with van der Waals surface area (Å²) in [4.78, 5) is 2.50. The smallest absolute Gasteiger partial charge is 0.0753 e. The highest BCUT2D eigenvalue weighted by atomic mass is 16.5. The standard InChI is InChI=1S/C18H30N2O/c1-17(2,3)19-12-15-8-6-7-9-16(15)13-20-10-11-21-18(4,5)14-20/h6-9,19H,10-14H2,1-5H3. The van der Waals surface area contributed by atoms with E-state index in [0.29, 0.717) is 0 Å². The molecule has 0 bridgehead atoms. The van der Waals surface area contributed by atoms with Gasteiger partial charge in [-0.3, -0.25) is 4.90 Å². The highest BCUT2D eigenvalue weighted by molar-refractivity contribution is 5.27. The van der Waals surface area contributed by atoms with E-state index in [9.17, 15) is 0 Å². The predicted molar refractivity (Wildman–Crippen MR) is 88.3 cm³/mol. The van der Waals surface area contributed by atoms with E-state index in [1.807, 2.05) is 0 Å². The lowest BCUT2D eigenvalue weighted by Crippen LogP contribution is -2.47. The Hall–Kier alpha value is -0.900. The molecule has 0 radical (unpaired) electrons. The van der Waals surface area contributed by atoms with Gasteiger partial charge in [-0.2, -0.15) is 0 Å². The lowest BCUT2D eigenvalue weighted by molar-refractivity contribution is -0.0883. The quantitative estimate of drug-likeness (QED) is 0.921. The van der Waals surface area contributed by atoms with Crippen molar-refractivity contribution in [3.63, 3.8) is 0 Å². The molecule has 0 aliphatic carbocycles. The highest BCUT2D eigenvalue weighted by Crippen LogP contribution is 2.20. The summed E-state index contributed by atoms with van der Waals surface area (Å²) in [6, 6.07) is 8.76. The second-order valence-corrected chi connectivity index (χ2v) is 7.69. The molecule has 1 aromatic rings. The van der Waals surface area contributed by atoms with Crippen LogP contribution >= 0.6 is 0 Å². The molecule has 0 spiro atoms. The molecule has 1 heterocycles. The molecule has 0 atom stereocenters. The van der Waals surface area contributed by atoms with E-state index in [4.69, 9.17) is 4.74 Å². The van der Waals surface area contributed by atoms with Gasteiger partial charge in [0.05, 0.1) is 12.2 Å². The zero-order valence-electron chi connectivity index (χ0n) is 14.2. The molecule has 2 rings (SSSR count). The Morgan fingerprint density at radius 3 is 2.48 bits per heavy atom. The third-order valence-electron chi connectivity index (χ3n) is 3.83. The second-order valence-electron chi connectivity index (χ2n) is 7.69. The number of nitrogens with one attached hydrogen (secondary N) is 1. The van der Waals surface area contributed by atoms with Crippen molar-refractivity contribution < 1.29 is 4.74 Å². The van der Waals surface area contributed by atoms with Crippen molar-refractivity contribution in [2.24, 2.45) is 0 Å². The predicted octanol–water partition coefficient (Wildman–Crippen LogP) is 3.19. The van der Waals surface area contributed by atoms with Crippen molar-refractivity contribution in [1.82, 2.24) is 10.2 Å². The van der Waals surface area contributed by atoms with Gasteiger partial charge in [0.15, 0.2) is 0 Å². The highest BCUT2D eigenvalue weighted by Gasteiger charge is 2.27. The minimum absolute atomic E-state index is 0.0309. The van der Waals surface area contributed by atoms with Crippen LogP contribution in [0.25, 0.3) is 0 Å². The summed E-state index contributed by atoms with van der Waals surface area (Å²) in [6.07, 6.45) is 0. The van der Waals surface area contributed by atoms with Crippen molar-refractivity contribution in [2.45, 2.75) is 58.8 Å². The van der Waals surface area contributed by atoms with E-state index in [-0.39, 0.29) is 11.1 Å². The van der Waals surface area contributed by atoms with Crippen LogP contribution < -0.4 is 5.32 Å². The van der Waals surface area contributed by atoms with E-state index in [1.54, 1.807) is 0 Å². The number of benzene rings is 1. The largest absolute Gasteiger partial charge is 0.373 e. The Morgan fingerprint density at radius 1 is 1.19 bits per heavy atom. The molecule has 0 saturated carbocycles. The molecule has 0 amide bonds. The van der Waals surface area contributed by atoms with E-state index < -0.39 is 0 Å². The number of morpholine rings is 1. The fourth-order valence-electron chi connectivity index (χ4n) is 2.73. The van der Waals surface area contributed by atoms with Crippen LogP contribution in [0.4, 0.5) is 0 Å². The molecule has 21 heavy (non-hydrogen) atoms. The van der Waals surface area contributed by atoms with Crippen LogP contribution in [0.2, 0.25) is 0 Å². The number of rotatable bonds is 4. The first kappa shape index (κ1) is 16.5. The van der Waals surface area contributed by atoms with Gasteiger partial charge in [-0.25, -0.2) is 0 Å². The Morgan fingerprint density at radius 2 is 1.86 bits per heavy atom. The molecule has 0 aromatic heterocycles. The molecule has 1 aromatic carbocycles. The molecular weight excluding hydrogens is 260 g/mol. The van der Waals surface area contributed by atoms with Gasteiger partial charge in [0.2, 0.25) is 0 Å². The minimum atomic E-state index is -0.0309. The summed E-state index contributed by atoms with van der Waals surface area (Å²) in [5, 5.41) is 3.59. The lowest BCUT2D eigenvalue weighted by atomic mass is 10.0. The van der Waals surface area contributed by atoms with Gasteiger partial charge in [0.1, 0.15) is 0 Å². The van der Waals surface area contributed by atoms with E-state index in [2.05, 4.69) is 69.1 Å². The maximum absolute atomic E-state index is 5.80. The molecule has 1 aliphatic rings. The minimum Gasteiger partial charge on any atom is -0.373 e. The summed E-state index contributed by atoms with van der Waals surface area (Å²) < 4.78 is 5.80. The van der Waals surface area contributed by atoms with Crippen molar-refractivity contribution >= 4 is 0 Å². The van der Waals surface area contributed by atoms with Gasteiger partial charge >= 0.3 is 0 Å². The van der Waals surface area contributed by atoms with Crippen LogP contribution in [0, 0.1) is 0 Å². The monoisotopic (exact) mass is 290 g/mol. The fraction of sp³-hybridized carbons (Fsp3) is 0.667. The Bertz CT molecular complexity index is 463. The first-order chi connectivity index (χ1) is 9.75. The Kier molecular flexibility index (Phi) is 5.07. The van der Waals surface area contributed by atoms with Crippen molar-refractivity contribution in [2.75, 3.05) is 19.7 Å². The maximum Gasteiger partial charge on any atom is 0.0753 e. The van der Waals surface area contributed by atoms with Crippen LogP contribution in [0.15, 0.2) is 24.3 Å². The SMILES string of the molecule is CC(C)(C)NCc1ccccc1CN1CCOC(C)(C)C1. The van der Waals surface area contributed by atoms with Crippen molar-refractivity contribution in [3.05, 3.63) is 35.4 Å². The normalized spacial score (nSPS) is 19.7. The molecule has 3 heteroatoms. The van der Waals surface area contributed by atoms with E-state index >= 15 is 0 Å². The molecule has 1 N–H and O–H groups in total. The lowest BCUT2D eigenvalue weighted by Gasteiger charge is -2.38. The number of hydrogen-bond acceptors (Lipinski definition) is 3. The van der Waals surface area contributed by atoms with Gasteiger partial charge in [-0.1, -0.05) is 24.3 Å². The average molecular weight is 290 g/mol. The zero-order chi connectivity index (χ0) is 15.5. The summed E-state index contributed by atoms with van der Waals surface area (Å²) in [7, 11) is 0. The number of nitrogens with zero attached hydrogens (tertiary/aromatic N) is 1. The summed E-state index contributed by atoms with van der Waals surface area (Å²) in [6.45, 7) is 15.7. The molecule has 0 unspecified atom stereocenters. The summed E-state index contributed by atoms with van der Waals surface area (Å²) >= 11 is 0.